The Hall–Kier alpha value is -3.93. The summed E-state index contributed by atoms with van der Waals surface area (Å²) in [5.74, 6) is 0.529. The molecule has 50 heavy (non-hydrogen) atoms. The summed E-state index contributed by atoms with van der Waals surface area (Å²) in [7, 11) is 0.869. The minimum atomic E-state index is -0.744. The van der Waals surface area contributed by atoms with Crippen LogP contribution in [0.4, 0.5) is 10.5 Å². The van der Waals surface area contributed by atoms with E-state index in [9.17, 15) is 9.59 Å². The fourth-order valence-corrected chi connectivity index (χ4v) is 7.81. The van der Waals surface area contributed by atoms with Gasteiger partial charge in [-0.15, -0.1) is 0 Å². The molecule has 3 atom stereocenters. The Kier molecular flexibility index (Phi) is 8.55. The van der Waals surface area contributed by atoms with Crippen molar-refractivity contribution in [3.05, 3.63) is 53.6 Å². The molecule has 0 bridgehead atoms. The summed E-state index contributed by atoms with van der Waals surface area (Å²) in [4.78, 5) is 33.4. The van der Waals surface area contributed by atoms with Gasteiger partial charge in [-0.25, -0.2) is 4.79 Å². The largest absolute Gasteiger partial charge is 0.494 e. The van der Waals surface area contributed by atoms with E-state index in [0.29, 0.717) is 32.6 Å². The molecule has 7 rings (SSSR count). The summed E-state index contributed by atoms with van der Waals surface area (Å²) in [5.41, 5.74) is 5.68. The molecular formula is C39H48BN3O7. The number of likely N-dealkylation sites (tertiary alicyclic amines) is 1. The van der Waals surface area contributed by atoms with Crippen molar-refractivity contribution in [3.8, 4) is 16.9 Å². The molecule has 11 heteroatoms. The number of amides is 2. The third-order valence-corrected chi connectivity index (χ3v) is 11.4. The molecular weight excluding hydrogens is 633 g/mol. The Morgan fingerprint density at radius 1 is 1.04 bits per heavy atom. The summed E-state index contributed by atoms with van der Waals surface area (Å²) in [6, 6.07) is 14.2. The minimum absolute atomic E-state index is 0.143. The average molecular weight is 682 g/mol. The van der Waals surface area contributed by atoms with E-state index in [1.54, 1.807) is 0 Å². The molecule has 0 aliphatic carbocycles. The summed E-state index contributed by atoms with van der Waals surface area (Å²) < 4.78 is 30.0. The number of carbonyl (C=O) groups is 2. The number of benzene rings is 3. The maximum absolute atomic E-state index is 14.2. The molecule has 3 aromatic carbocycles. The van der Waals surface area contributed by atoms with Crippen LogP contribution in [-0.2, 0) is 36.6 Å². The number of methoxy groups -OCH3 is 1. The predicted octanol–water partition coefficient (Wildman–Crippen LogP) is 6.10. The Morgan fingerprint density at radius 2 is 1.78 bits per heavy atom. The third-order valence-electron chi connectivity index (χ3n) is 11.4. The standard InChI is InChI=1S/C39H48BN3O7/c1-10-47-26-19-39(8,43(20-26)35(44)34(22(2)3)42-36(45)46-9)33-18-29-28-17-32-30(16-23(28)11-14-31(29)41-33)27-13-12-25(15-24(27)21-48-32)40-49-37(4,5)38(6,7)50-40/h11-17,22,26,34H,10,18-21H2,1-9H3,(H,42,45)/t26-,34-,39-/m0/s1. The Balaban J connectivity index is 1.18. The molecule has 3 aromatic rings. The molecule has 4 heterocycles. The third kappa shape index (κ3) is 5.67. The van der Waals surface area contributed by atoms with E-state index >= 15 is 0 Å². The van der Waals surface area contributed by atoms with Crippen LogP contribution < -0.4 is 15.5 Å². The minimum Gasteiger partial charge on any atom is -0.488 e. The van der Waals surface area contributed by atoms with Gasteiger partial charge in [0.05, 0.1) is 35.6 Å². The molecule has 0 unspecified atom stereocenters. The van der Waals surface area contributed by atoms with Crippen molar-refractivity contribution in [2.45, 2.75) is 104 Å². The van der Waals surface area contributed by atoms with Crippen LogP contribution >= 0.6 is 0 Å². The number of nitrogens with one attached hydrogen (secondary N) is 1. The molecule has 2 saturated heterocycles. The fourth-order valence-electron chi connectivity index (χ4n) is 7.81. The molecule has 0 spiro atoms. The van der Waals surface area contributed by atoms with Crippen LogP contribution in [0.5, 0.6) is 5.75 Å². The molecule has 0 aromatic heterocycles. The second-order valence-corrected chi connectivity index (χ2v) is 15.5. The quantitative estimate of drug-likeness (QED) is 0.300. The number of ether oxygens (including phenoxy) is 3. The number of carbonyl (C=O) groups excluding carboxylic acids is 2. The van der Waals surface area contributed by atoms with Gasteiger partial charge in [-0.2, -0.15) is 0 Å². The highest BCUT2D eigenvalue weighted by Gasteiger charge is 2.53. The van der Waals surface area contributed by atoms with Crippen molar-refractivity contribution < 1.29 is 33.1 Å². The van der Waals surface area contributed by atoms with E-state index in [0.717, 1.165) is 55.6 Å². The lowest BCUT2D eigenvalue weighted by Crippen LogP contribution is -2.58. The van der Waals surface area contributed by atoms with Crippen LogP contribution in [-0.4, -0.2) is 78.9 Å². The normalized spacial score (nSPS) is 23.6. The van der Waals surface area contributed by atoms with Crippen molar-refractivity contribution >= 4 is 46.8 Å². The first-order chi connectivity index (χ1) is 23.7. The van der Waals surface area contributed by atoms with Crippen molar-refractivity contribution in [2.24, 2.45) is 10.9 Å². The van der Waals surface area contributed by atoms with E-state index < -0.39 is 36.0 Å². The zero-order chi connectivity index (χ0) is 35.7. The van der Waals surface area contributed by atoms with E-state index in [1.807, 2.05) is 25.7 Å². The van der Waals surface area contributed by atoms with Gasteiger partial charge >= 0.3 is 13.2 Å². The molecule has 1 N–H and O–H groups in total. The predicted molar refractivity (Wildman–Crippen MR) is 195 cm³/mol. The molecule has 0 radical (unpaired) electrons. The molecule has 2 fully saturated rings. The zero-order valence-electron chi connectivity index (χ0n) is 30.6. The number of fused-ring (bicyclic) bond motifs is 6. The SMILES string of the molecule is CCO[C@@H]1CN(C(=O)[C@@H](NC(=O)OC)C(C)C)[C@](C)(C2=Nc3ccc4cc5c(cc4c3C2)OCc2cc(B3OC(C)(C)C(C)(C)O3)ccc2-5)C1. The van der Waals surface area contributed by atoms with Crippen LogP contribution in [0, 0.1) is 5.92 Å². The van der Waals surface area contributed by atoms with Crippen molar-refractivity contribution in [1.82, 2.24) is 10.2 Å². The van der Waals surface area contributed by atoms with E-state index in [4.69, 9.17) is 28.5 Å². The first-order valence-electron chi connectivity index (χ1n) is 17.7. The summed E-state index contributed by atoms with van der Waals surface area (Å²) >= 11 is 0. The van der Waals surface area contributed by atoms with E-state index in [-0.39, 0.29) is 17.9 Å². The molecule has 10 nitrogen and oxygen atoms in total. The summed E-state index contributed by atoms with van der Waals surface area (Å²) in [6.45, 7) is 17.5. The monoisotopic (exact) mass is 681 g/mol. The topological polar surface area (TPSA) is 108 Å². The highest BCUT2D eigenvalue weighted by molar-refractivity contribution is 6.62. The first-order valence-corrected chi connectivity index (χ1v) is 17.7. The van der Waals surface area contributed by atoms with Crippen molar-refractivity contribution in [3.63, 3.8) is 0 Å². The number of hydrogen-bond donors (Lipinski definition) is 1. The van der Waals surface area contributed by atoms with Crippen LogP contribution in [0.3, 0.4) is 0 Å². The van der Waals surface area contributed by atoms with Gasteiger partial charge in [0.25, 0.3) is 0 Å². The van der Waals surface area contributed by atoms with Gasteiger partial charge in [-0.05, 0) is 98.6 Å². The second kappa shape index (κ2) is 12.4. The maximum Gasteiger partial charge on any atom is 0.494 e. The van der Waals surface area contributed by atoms with Crippen LogP contribution in [0.15, 0.2) is 47.5 Å². The number of rotatable bonds is 7. The number of alkyl carbamates (subject to hydrolysis) is 1. The lowest BCUT2D eigenvalue weighted by Gasteiger charge is -2.38. The van der Waals surface area contributed by atoms with Crippen molar-refractivity contribution in [1.29, 1.82) is 0 Å². The highest BCUT2D eigenvalue weighted by Crippen LogP contribution is 2.46. The van der Waals surface area contributed by atoms with Gasteiger partial charge in [-0.1, -0.05) is 38.1 Å². The highest BCUT2D eigenvalue weighted by atomic mass is 16.7. The van der Waals surface area contributed by atoms with E-state index in [2.05, 4.69) is 82.4 Å². The van der Waals surface area contributed by atoms with Gasteiger partial charge in [0, 0.05) is 37.3 Å². The van der Waals surface area contributed by atoms with Gasteiger partial charge < -0.3 is 33.7 Å². The number of hydrogen-bond acceptors (Lipinski definition) is 8. The van der Waals surface area contributed by atoms with Gasteiger partial charge in [0.15, 0.2) is 0 Å². The first kappa shape index (κ1) is 34.5. The summed E-state index contributed by atoms with van der Waals surface area (Å²) in [6.07, 6.45) is 0.433. The second-order valence-electron chi connectivity index (χ2n) is 15.5. The Bertz CT molecular complexity index is 1890. The van der Waals surface area contributed by atoms with Crippen LogP contribution in [0.25, 0.3) is 21.9 Å². The zero-order valence-corrected chi connectivity index (χ0v) is 30.6. The van der Waals surface area contributed by atoms with Crippen molar-refractivity contribution in [2.75, 3.05) is 20.3 Å². The molecule has 4 aliphatic heterocycles. The van der Waals surface area contributed by atoms with Gasteiger partial charge in [0.2, 0.25) is 5.91 Å². The van der Waals surface area contributed by atoms with Gasteiger partial charge in [0.1, 0.15) is 18.4 Å². The molecule has 2 amide bonds. The maximum atomic E-state index is 14.2. The smallest absolute Gasteiger partial charge is 0.488 e. The molecule has 264 valence electrons. The molecule has 0 saturated carbocycles. The number of nitrogens with zero attached hydrogens (tertiary/aromatic N) is 2. The van der Waals surface area contributed by atoms with Crippen LogP contribution in [0.1, 0.15) is 72.9 Å². The van der Waals surface area contributed by atoms with Gasteiger partial charge in [-0.3, -0.25) is 9.79 Å². The Morgan fingerprint density at radius 3 is 2.46 bits per heavy atom. The summed E-state index contributed by atoms with van der Waals surface area (Å²) in [5, 5.41) is 4.95. The lowest BCUT2D eigenvalue weighted by atomic mass is 9.77. The molecule has 4 aliphatic rings. The fraction of sp³-hybridized carbons (Fsp3) is 0.513. The van der Waals surface area contributed by atoms with Crippen LogP contribution in [0.2, 0.25) is 0 Å². The average Bonchev–Trinajstić information content (AvgIpc) is 3.73. The van der Waals surface area contributed by atoms with E-state index in [1.165, 1.54) is 7.11 Å². The Labute approximate surface area is 295 Å². The number of aliphatic imine (C=N–C) groups is 1. The lowest BCUT2D eigenvalue weighted by molar-refractivity contribution is -0.136.